The minimum Gasteiger partial charge on any atom is -0.493 e. The van der Waals surface area contributed by atoms with Crippen molar-refractivity contribution in [3.8, 4) is 11.5 Å². The number of aryl methyl sites for hydroxylation is 1. The highest BCUT2D eigenvalue weighted by Crippen LogP contribution is 2.30. The molecule has 4 aromatic rings. The highest BCUT2D eigenvalue weighted by atomic mass is 16.5. The van der Waals surface area contributed by atoms with Gasteiger partial charge in [-0.3, -0.25) is 4.90 Å². The van der Waals surface area contributed by atoms with Gasteiger partial charge in [-0.25, -0.2) is 9.48 Å². The number of hydrogen-bond acceptors (Lipinski definition) is 7. The Bertz CT molecular complexity index is 1370. The summed E-state index contributed by atoms with van der Waals surface area (Å²) in [4.78, 5) is 14.2. The van der Waals surface area contributed by atoms with Crippen LogP contribution in [0.3, 0.4) is 0 Å². The lowest BCUT2D eigenvalue weighted by molar-refractivity contribution is -0.137. The third kappa shape index (κ3) is 7.45. The first-order valence-electron chi connectivity index (χ1n) is 13.2. The van der Waals surface area contributed by atoms with Gasteiger partial charge in [-0.05, 0) is 61.6 Å². The normalized spacial score (nSPS) is 12.2. The van der Waals surface area contributed by atoms with E-state index in [1.807, 2.05) is 47.2 Å². The topological polar surface area (TPSA) is 78.7 Å². The molecule has 0 aliphatic heterocycles. The predicted molar refractivity (Wildman–Crippen MR) is 152 cm³/mol. The number of carbonyl (C=O) groups excluding carboxylic acids is 1. The molecule has 1 atom stereocenters. The number of methoxy groups -OCH3 is 2. The molecule has 1 aromatic heterocycles. The maximum atomic E-state index is 11.8. The number of esters is 1. The zero-order chi connectivity index (χ0) is 27.5. The number of ether oxygens (including phenoxy) is 3. The van der Waals surface area contributed by atoms with Crippen molar-refractivity contribution in [2.45, 2.75) is 38.9 Å². The van der Waals surface area contributed by atoms with Crippen LogP contribution in [0, 0.1) is 0 Å². The monoisotopic (exact) mass is 528 g/mol. The number of aromatic nitrogens is 3. The molecule has 0 bridgehead atoms. The molecular formula is C31H36N4O4. The van der Waals surface area contributed by atoms with E-state index in [-0.39, 0.29) is 12.1 Å². The van der Waals surface area contributed by atoms with Gasteiger partial charge in [0.25, 0.3) is 0 Å². The van der Waals surface area contributed by atoms with E-state index in [2.05, 4.69) is 51.6 Å². The molecule has 0 aliphatic carbocycles. The molecule has 0 amide bonds. The lowest BCUT2D eigenvalue weighted by Crippen LogP contribution is -2.34. The van der Waals surface area contributed by atoms with E-state index in [1.54, 1.807) is 21.1 Å². The Morgan fingerprint density at radius 1 is 0.974 bits per heavy atom. The van der Waals surface area contributed by atoms with Gasteiger partial charge in [0.2, 0.25) is 0 Å². The zero-order valence-electron chi connectivity index (χ0n) is 22.8. The first-order chi connectivity index (χ1) is 19.1. The Morgan fingerprint density at radius 3 is 2.51 bits per heavy atom. The summed E-state index contributed by atoms with van der Waals surface area (Å²) in [7, 11) is 3.29. The van der Waals surface area contributed by atoms with Crippen LogP contribution in [-0.2, 0) is 22.5 Å². The fourth-order valence-corrected chi connectivity index (χ4v) is 4.66. The Kier molecular flexibility index (Phi) is 10.1. The number of rotatable bonds is 14. The third-order valence-corrected chi connectivity index (χ3v) is 6.57. The molecule has 1 unspecified atom stereocenters. The number of carbonyl (C=O) groups is 1. The molecule has 1 heterocycles. The van der Waals surface area contributed by atoms with E-state index < -0.39 is 0 Å². The van der Waals surface area contributed by atoms with Crippen LogP contribution in [0.15, 0.2) is 84.9 Å². The molecular weight excluding hydrogens is 492 g/mol. The molecule has 8 heteroatoms. The Hall–Kier alpha value is -4.17. The van der Waals surface area contributed by atoms with Gasteiger partial charge in [-0.1, -0.05) is 59.8 Å². The summed E-state index contributed by atoms with van der Waals surface area (Å²) in [5, 5.41) is 9.05. The summed E-state index contributed by atoms with van der Waals surface area (Å²) in [6, 6.07) is 24.5. The van der Waals surface area contributed by atoms with Crippen LogP contribution in [0.5, 0.6) is 11.5 Å². The van der Waals surface area contributed by atoms with Gasteiger partial charge >= 0.3 is 5.97 Å². The van der Waals surface area contributed by atoms with Crippen molar-refractivity contribution in [1.82, 2.24) is 19.9 Å². The quantitative estimate of drug-likeness (QED) is 0.156. The highest BCUT2D eigenvalue weighted by molar-refractivity contribution is 5.81. The second-order valence-electron chi connectivity index (χ2n) is 9.13. The van der Waals surface area contributed by atoms with E-state index in [4.69, 9.17) is 14.2 Å². The van der Waals surface area contributed by atoms with Crippen molar-refractivity contribution in [2.24, 2.45) is 0 Å². The van der Waals surface area contributed by atoms with Crippen molar-refractivity contribution >= 4 is 17.0 Å². The Labute approximate surface area is 229 Å². The van der Waals surface area contributed by atoms with Crippen molar-refractivity contribution in [3.63, 3.8) is 0 Å². The van der Waals surface area contributed by atoms with Crippen LogP contribution >= 0.6 is 0 Å². The molecule has 4 rings (SSSR count). The number of para-hydroxylation sites is 1. The number of hydrogen-bond donors (Lipinski definition) is 0. The van der Waals surface area contributed by atoms with Crippen LogP contribution in [0.1, 0.15) is 37.1 Å². The van der Waals surface area contributed by atoms with Crippen LogP contribution in [0.25, 0.3) is 11.0 Å². The van der Waals surface area contributed by atoms with Gasteiger partial charge in [0.05, 0.1) is 26.3 Å². The average Bonchev–Trinajstić information content (AvgIpc) is 3.39. The van der Waals surface area contributed by atoms with Gasteiger partial charge in [-0.2, -0.15) is 0 Å². The van der Waals surface area contributed by atoms with Gasteiger partial charge in [0.1, 0.15) is 11.7 Å². The van der Waals surface area contributed by atoms with E-state index >= 15 is 0 Å². The Balaban J connectivity index is 1.65. The van der Waals surface area contributed by atoms with Gasteiger partial charge in [0, 0.05) is 19.2 Å². The first kappa shape index (κ1) is 27.9. The third-order valence-electron chi connectivity index (χ3n) is 6.57. The molecule has 8 nitrogen and oxygen atoms in total. The zero-order valence-corrected chi connectivity index (χ0v) is 22.8. The molecule has 0 aliphatic rings. The molecule has 0 saturated heterocycles. The van der Waals surface area contributed by atoms with Gasteiger partial charge in [0.15, 0.2) is 11.5 Å². The lowest BCUT2D eigenvalue weighted by Gasteiger charge is -2.32. The van der Waals surface area contributed by atoms with Crippen molar-refractivity contribution in [3.05, 3.63) is 96.1 Å². The molecule has 0 saturated carbocycles. The maximum absolute atomic E-state index is 11.8. The van der Waals surface area contributed by atoms with E-state index in [0.717, 1.165) is 42.5 Å². The standard InChI is InChI=1S/C31H36N4O4/c1-4-39-31(36)16-10-11-21-34(23-25-12-6-5-7-13-25)30(35-27-15-9-8-14-26(27)32-33-35)20-18-24-17-19-28(37-2)29(22-24)38-3/h5-10,12-17,19,22,30H,4,11,18,20-21,23H2,1-3H3/b16-10+. The smallest absolute Gasteiger partial charge is 0.330 e. The summed E-state index contributed by atoms with van der Waals surface area (Å²) < 4.78 is 18.0. The Morgan fingerprint density at radius 2 is 1.74 bits per heavy atom. The summed E-state index contributed by atoms with van der Waals surface area (Å²) in [5.74, 6) is 1.10. The van der Waals surface area contributed by atoms with Crippen molar-refractivity contribution in [1.29, 1.82) is 0 Å². The molecule has 0 fully saturated rings. The fraction of sp³-hybridized carbons (Fsp3) is 0.323. The highest BCUT2D eigenvalue weighted by Gasteiger charge is 2.23. The predicted octanol–water partition coefficient (Wildman–Crippen LogP) is 5.59. The number of fused-ring (bicyclic) bond motifs is 1. The number of nitrogens with zero attached hydrogens (tertiary/aromatic N) is 4. The van der Waals surface area contributed by atoms with Crippen molar-refractivity contribution < 1.29 is 19.0 Å². The first-order valence-corrected chi connectivity index (χ1v) is 13.2. The minimum absolute atomic E-state index is 0.0818. The fourth-order valence-electron chi connectivity index (χ4n) is 4.66. The second-order valence-corrected chi connectivity index (χ2v) is 9.13. The average molecular weight is 529 g/mol. The molecule has 204 valence electrons. The second kappa shape index (κ2) is 14.1. The van der Waals surface area contributed by atoms with E-state index in [0.29, 0.717) is 24.5 Å². The van der Waals surface area contributed by atoms with Crippen LogP contribution in [-0.4, -0.2) is 53.2 Å². The molecule has 3 aromatic carbocycles. The SMILES string of the molecule is CCOC(=O)/C=C/CCN(Cc1ccccc1)C(CCc1ccc(OC)c(OC)c1)n1nnc2ccccc21. The van der Waals surface area contributed by atoms with Gasteiger partial charge < -0.3 is 14.2 Å². The van der Waals surface area contributed by atoms with Crippen LogP contribution in [0.4, 0.5) is 0 Å². The lowest BCUT2D eigenvalue weighted by atomic mass is 10.1. The van der Waals surface area contributed by atoms with E-state index in [1.165, 1.54) is 11.6 Å². The van der Waals surface area contributed by atoms with Crippen molar-refractivity contribution in [2.75, 3.05) is 27.4 Å². The summed E-state index contributed by atoms with van der Waals surface area (Å²) in [5.41, 5.74) is 4.18. The summed E-state index contributed by atoms with van der Waals surface area (Å²) in [6.45, 7) is 3.61. The summed E-state index contributed by atoms with van der Waals surface area (Å²) >= 11 is 0. The summed E-state index contributed by atoms with van der Waals surface area (Å²) in [6.07, 6.45) is 5.57. The molecule has 0 spiro atoms. The molecule has 0 radical (unpaired) electrons. The molecule has 39 heavy (non-hydrogen) atoms. The van der Waals surface area contributed by atoms with E-state index in [9.17, 15) is 4.79 Å². The minimum atomic E-state index is -0.320. The number of benzene rings is 3. The van der Waals surface area contributed by atoms with Crippen LogP contribution < -0.4 is 9.47 Å². The largest absolute Gasteiger partial charge is 0.493 e. The molecule has 0 N–H and O–H groups in total. The van der Waals surface area contributed by atoms with Gasteiger partial charge in [-0.15, -0.1) is 5.10 Å². The van der Waals surface area contributed by atoms with Crippen LogP contribution in [0.2, 0.25) is 0 Å². The maximum Gasteiger partial charge on any atom is 0.330 e.